The Morgan fingerprint density at radius 2 is 2.31 bits per heavy atom. The van der Waals surface area contributed by atoms with Gasteiger partial charge in [-0.2, -0.15) is 0 Å². The van der Waals surface area contributed by atoms with Crippen LogP contribution in [0.1, 0.15) is 5.69 Å². The largest absolute Gasteiger partial charge is 0.378 e. The Morgan fingerprint density at radius 3 is 3.00 bits per heavy atom. The number of nitrogens with two attached hydrogens (primary N) is 1. The molecular formula is C11H12BrN3O. The van der Waals surface area contributed by atoms with E-state index in [1.54, 1.807) is 7.11 Å². The van der Waals surface area contributed by atoms with Crippen LogP contribution in [-0.4, -0.2) is 12.1 Å². The minimum Gasteiger partial charge on any atom is -0.378 e. The molecule has 0 spiro atoms. The molecule has 0 amide bonds. The van der Waals surface area contributed by atoms with E-state index in [1.165, 1.54) is 0 Å². The molecule has 0 saturated carbocycles. The Kier molecular flexibility index (Phi) is 3.38. The summed E-state index contributed by atoms with van der Waals surface area (Å²) in [6.07, 6.45) is 0. The van der Waals surface area contributed by atoms with E-state index in [0.29, 0.717) is 6.61 Å². The SMILES string of the molecule is COCc1cc(NN)c2cccc(Br)c2n1. The number of fused-ring (bicyclic) bond motifs is 1. The lowest BCUT2D eigenvalue weighted by atomic mass is 10.1. The van der Waals surface area contributed by atoms with E-state index in [4.69, 9.17) is 10.6 Å². The number of pyridine rings is 1. The summed E-state index contributed by atoms with van der Waals surface area (Å²) < 4.78 is 6.01. The van der Waals surface area contributed by atoms with Gasteiger partial charge in [-0.3, -0.25) is 5.84 Å². The number of rotatable bonds is 3. The molecule has 0 radical (unpaired) electrons. The Balaban J connectivity index is 2.69. The van der Waals surface area contributed by atoms with Crippen molar-refractivity contribution in [2.24, 2.45) is 5.84 Å². The number of nitrogen functional groups attached to an aromatic ring is 1. The zero-order valence-corrected chi connectivity index (χ0v) is 10.4. The molecule has 4 nitrogen and oxygen atoms in total. The number of benzene rings is 1. The lowest BCUT2D eigenvalue weighted by Gasteiger charge is -2.09. The van der Waals surface area contributed by atoms with Crippen LogP contribution in [0.3, 0.4) is 0 Å². The lowest BCUT2D eigenvalue weighted by molar-refractivity contribution is 0.182. The first-order valence-corrected chi connectivity index (χ1v) is 5.59. The average Bonchev–Trinajstić information content (AvgIpc) is 2.30. The van der Waals surface area contributed by atoms with Gasteiger partial charge >= 0.3 is 0 Å². The molecule has 5 heteroatoms. The predicted octanol–water partition coefficient (Wildman–Crippen LogP) is 2.43. The standard InChI is InChI=1S/C11H12BrN3O/c1-16-6-7-5-10(15-13)8-3-2-4-9(12)11(8)14-7/h2-5H,6,13H2,1H3,(H,14,15). The van der Waals surface area contributed by atoms with Crippen LogP contribution >= 0.6 is 15.9 Å². The van der Waals surface area contributed by atoms with Crippen molar-refractivity contribution >= 4 is 32.5 Å². The first kappa shape index (κ1) is 11.3. The maximum atomic E-state index is 5.50. The van der Waals surface area contributed by atoms with E-state index in [2.05, 4.69) is 26.3 Å². The smallest absolute Gasteiger partial charge is 0.0885 e. The molecule has 0 aliphatic carbocycles. The second-order valence-corrected chi connectivity index (χ2v) is 4.23. The Morgan fingerprint density at radius 1 is 1.50 bits per heavy atom. The summed E-state index contributed by atoms with van der Waals surface area (Å²) in [5.41, 5.74) is 5.25. The molecule has 2 rings (SSSR count). The van der Waals surface area contributed by atoms with Gasteiger partial charge in [0.05, 0.1) is 23.5 Å². The molecule has 84 valence electrons. The predicted molar refractivity (Wildman–Crippen MR) is 68.0 cm³/mol. The highest BCUT2D eigenvalue weighted by atomic mass is 79.9. The lowest BCUT2D eigenvalue weighted by Crippen LogP contribution is -2.08. The van der Waals surface area contributed by atoms with Crippen LogP contribution in [0.4, 0.5) is 5.69 Å². The molecule has 1 aromatic heterocycles. The minimum atomic E-state index is 0.464. The van der Waals surface area contributed by atoms with E-state index < -0.39 is 0 Å². The Labute approximate surface area is 102 Å². The second-order valence-electron chi connectivity index (χ2n) is 3.37. The molecule has 2 aromatic rings. The maximum Gasteiger partial charge on any atom is 0.0885 e. The summed E-state index contributed by atoms with van der Waals surface area (Å²) in [7, 11) is 1.64. The summed E-state index contributed by atoms with van der Waals surface area (Å²) in [5, 5.41) is 0.983. The zero-order chi connectivity index (χ0) is 11.5. The van der Waals surface area contributed by atoms with Crippen molar-refractivity contribution in [3.63, 3.8) is 0 Å². The molecule has 1 aromatic carbocycles. The van der Waals surface area contributed by atoms with Crippen molar-refractivity contribution in [1.29, 1.82) is 0 Å². The minimum absolute atomic E-state index is 0.464. The number of nitrogens with one attached hydrogen (secondary N) is 1. The molecule has 0 aliphatic heterocycles. The fraction of sp³-hybridized carbons (Fsp3) is 0.182. The summed E-state index contributed by atoms with van der Waals surface area (Å²) in [6.45, 7) is 0.464. The van der Waals surface area contributed by atoms with Gasteiger partial charge in [0, 0.05) is 17.0 Å². The van der Waals surface area contributed by atoms with Gasteiger partial charge in [-0.15, -0.1) is 0 Å². The molecule has 0 saturated heterocycles. The number of ether oxygens (including phenoxy) is 1. The van der Waals surface area contributed by atoms with Crippen LogP contribution in [0.15, 0.2) is 28.7 Å². The summed E-state index contributed by atoms with van der Waals surface area (Å²) in [4.78, 5) is 4.51. The molecule has 0 aliphatic rings. The van der Waals surface area contributed by atoms with Gasteiger partial charge in [0.15, 0.2) is 0 Å². The van der Waals surface area contributed by atoms with Crippen LogP contribution in [0.2, 0.25) is 0 Å². The highest BCUT2D eigenvalue weighted by Gasteiger charge is 2.07. The monoisotopic (exact) mass is 281 g/mol. The number of aromatic nitrogens is 1. The maximum absolute atomic E-state index is 5.50. The molecular weight excluding hydrogens is 270 g/mol. The summed E-state index contributed by atoms with van der Waals surface area (Å²) >= 11 is 3.47. The molecule has 0 atom stereocenters. The third kappa shape index (κ3) is 2.02. The van der Waals surface area contributed by atoms with E-state index in [9.17, 15) is 0 Å². The highest BCUT2D eigenvalue weighted by molar-refractivity contribution is 9.10. The van der Waals surface area contributed by atoms with Gasteiger partial charge in [0.2, 0.25) is 0 Å². The van der Waals surface area contributed by atoms with Crippen molar-refractivity contribution in [1.82, 2.24) is 4.98 Å². The quantitative estimate of drug-likeness (QED) is 0.670. The van der Waals surface area contributed by atoms with Crippen molar-refractivity contribution in [3.05, 3.63) is 34.4 Å². The third-order valence-electron chi connectivity index (χ3n) is 2.29. The van der Waals surface area contributed by atoms with Crippen LogP contribution in [0.25, 0.3) is 10.9 Å². The first-order valence-electron chi connectivity index (χ1n) is 4.80. The Hall–Kier alpha value is -1.17. The van der Waals surface area contributed by atoms with Crippen molar-refractivity contribution in [2.75, 3.05) is 12.5 Å². The molecule has 0 fully saturated rings. The number of hydrazine groups is 1. The van der Waals surface area contributed by atoms with E-state index >= 15 is 0 Å². The highest BCUT2D eigenvalue weighted by Crippen LogP contribution is 2.28. The van der Waals surface area contributed by atoms with Crippen molar-refractivity contribution < 1.29 is 4.74 Å². The van der Waals surface area contributed by atoms with Gasteiger partial charge in [-0.1, -0.05) is 12.1 Å². The molecule has 0 bridgehead atoms. The van der Waals surface area contributed by atoms with Crippen LogP contribution in [-0.2, 0) is 11.3 Å². The number of anilines is 1. The third-order valence-corrected chi connectivity index (χ3v) is 2.93. The summed E-state index contributed by atoms with van der Waals surface area (Å²) in [5.74, 6) is 5.50. The number of nitrogens with zero attached hydrogens (tertiary/aromatic N) is 1. The van der Waals surface area contributed by atoms with Crippen LogP contribution in [0.5, 0.6) is 0 Å². The first-order chi connectivity index (χ1) is 7.76. The van der Waals surface area contributed by atoms with Gasteiger partial charge in [0.25, 0.3) is 0 Å². The number of methoxy groups -OCH3 is 1. The number of hydrogen-bond acceptors (Lipinski definition) is 4. The average molecular weight is 282 g/mol. The summed E-state index contributed by atoms with van der Waals surface area (Å²) in [6, 6.07) is 7.76. The van der Waals surface area contributed by atoms with Crippen molar-refractivity contribution in [2.45, 2.75) is 6.61 Å². The fourth-order valence-electron chi connectivity index (χ4n) is 1.61. The van der Waals surface area contributed by atoms with E-state index in [1.807, 2.05) is 24.3 Å². The van der Waals surface area contributed by atoms with Gasteiger partial charge in [0.1, 0.15) is 0 Å². The van der Waals surface area contributed by atoms with Crippen LogP contribution < -0.4 is 11.3 Å². The van der Waals surface area contributed by atoms with Gasteiger partial charge in [-0.25, -0.2) is 4.98 Å². The molecule has 3 N–H and O–H groups in total. The number of halogens is 1. The number of para-hydroxylation sites is 1. The second kappa shape index (κ2) is 4.78. The van der Waals surface area contributed by atoms with E-state index in [0.717, 1.165) is 26.8 Å². The number of hydrogen-bond donors (Lipinski definition) is 2. The Bertz CT molecular complexity index is 516. The fourth-order valence-corrected chi connectivity index (χ4v) is 2.06. The van der Waals surface area contributed by atoms with Gasteiger partial charge < -0.3 is 10.2 Å². The molecule has 0 unspecified atom stereocenters. The normalized spacial score (nSPS) is 10.7. The van der Waals surface area contributed by atoms with Crippen LogP contribution in [0, 0.1) is 0 Å². The topological polar surface area (TPSA) is 60.2 Å². The molecule has 16 heavy (non-hydrogen) atoms. The molecule has 1 heterocycles. The zero-order valence-electron chi connectivity index (χ0n) is 8.83. The van der Waals surface area contributed by atoms with Crippen molar-refractivity contribution in [3.8, 4) is 0 Å². The van der Waals surface area contributed by atoms with E-state index in [-0.39, 0.29) is 0 Å². The van der Waals surface area contributed by atoms with Gasteiger partial charge in [-0.05, 0) is 28.1 Å².